The van der Waals surface area contributed by atoms with Gasteiger partial charge in [0.25, 0.3) is 0 Å². The van der Waals surface area contributed by atoms with Crippen LogP contribution in [0.5, 0.6) is 0 Å². The van der Waals surface area contributed by atoms with Crippen LogP contribution in [-0.2, 0) is 0 Å². The molecule has 0 bridgehead atoms. The molecule has 57 heavy (non-hydrogen) atoms. The number of aliphatic imine (C=N–C) groups is 2. The molecule has 11 aromatic rings. The largest absolute Gasteiger partial charge is 0.456 e. The number of hydrogen-bond acceptors (Lipinski definition) is 5. The average molecular weight is 749 g/mol. The highest BCUT2D eigenvalue weighted by atomic mass is 32.1. The van der Waals surface area contributed by atoms with Gasteiger partial charge in [0, 0.05) is 58.5 Å². The summed E-state index contributed by atoms with van der Waals surface area (Å²) in [6.45, 7) is 0. The summed E-state index contributed by atoms with van der Waals surface area (Å²) in [6.07, 6.45) is -0.300. The Hall–Kier alpha value is -7.28. The zero-order valence-corrected chi connectivity index (χ0v) is 31.4. The van der Waals surface area contributed by atoms with Crippen LogP contribution in [0, 0.1) is 0 Å². The number of amidine groups is 2. The summed E-state index contributed by atoms with van der Waals surface area (Å²) < 4.78 is 11.0. The molecule has 0 radical (unpaired) electrons. The third kappa shape index (κ3) is 5.15. The van der Waals surface area contributed by atoms with E-state index in [1.54, 1.807) is 0 Å². The molecule has 3 aromatic heterocycles. The second-order valence-electron chi connectivity index (χ2n) is 14.6. The molecule has 1 aliphatic rings. The summed E-state index contributed by atoms with van der Waals surface area (Å²) in [5, 5.41) is 10.8. The van der Waals surface area contributed by atoms with Crippen LogP contribution in [0.25, 0.3) is 80.7 Å². The van der Waals surface area contributed by atoms with E-state index in [4.69, 9.17) is 14.4 Å². The summed E-state index contributed by atoms with van der Waals surface area (Å²) in [5.41, 5.74) is 10.7. The predicted molar refractivity (Wildman–Crippen MR) is 238 cm³/mol. The number of nitrogens with zero attached hydrogens (tertiary/aromatic N) is 3. The Kier molecular flexibility index (Phi) is 7.09. The molecule has 0 spiro atoms. The Morgan fingerprint density at radius 2 is 1.16 bits per heavy atom. The van der Waals surface area contributed by atoms with Gasteiger partial charge < -0.3 is 14.3 Å². The molecule has 1 atom stereocenters. The molecule has 0 amide bonds. The molecule has 8 aromatic carbocycles. The van der Waals surface area contributed by atoms with Crippen molar-refractivity contribution >= 4 is 86.9 Å². The number of hydrogen-bond donors (Lipinski definition) is 1. The summed E-state index contributed by atoms with van der Waals surface area (Å²) in [7, 11) is 0. The molecular formula is C51H32N4OS. The second-order valence-corrected chi connectivity index (χ2v) is 15.7. The third-order valence-corrected chi connectivity index (χ3v) is 12.4. The van der Waals surface area contributed by atoms with Gasteiger partial charge in [-0.3, -0.25) is 0 Å². The van der Waals surface area contributed by atoms with Crippen molar-refractivity contribution in [2.45, 2.75) is 6.17 Å². The van der Waals surface area contributed by atoms with E-state index in [0.717, 1.165) is 50.2 Å². The van der Waals surface area contributed by atoms with Gasteiger partial charge in [0.05, 0.1) is 11.0 Å². The molecule has 5 nitrogen and oxygen atoms in total. The minimum Gasteiger partial charge on any atom is -0.456 e. The van der Waals surface area contributed by atoms with E-state index in [9.17, 15) is 0 Å². The Morgan fingerprint density at radius 3 is 2.00 bits per heavy atom. The van der Waals surface area contributed by atoms with Gasteiger partial charge in [-0.05, 0) is 95.6 Å². The average Bonchev–Trinajstić information content (AvgIpc) is 3.95. The second kappa shape index (κ2) is 12.6. The summed E-state index contributed by atoms with van der Waals surface area (Å²) >= 11 is 1.83. The molecule has 1 unspecified atom stereocenters. The lowest BCUT2D eigenvalue weighted by atomic mass is 9.97. The van der Waals surface area contributed by atoms with E-state index in [1.165, 1.54) is 53.1 Å². The van der Waals surface area contributed by atoms with Crippen molar-refractivity contribution in [1.29, 1.82) is 0 Å². The Labute approximate surface area is 331 Å². The van der Waals surface area contributed by atoms with Crippen molar-refractivity contribution in [3.8, 4) is 16.8 Å². The van der Waals surface area contributed by atoms with Crippen LogP contribution in [0.2, 0.25) is 0 Å². The first-order valence-electron chi connectivity index (χ1n) is 19.2. The Morgan fingerprint density at radius 1 is 0.509 bits per heavy atom. The lowest BCUT2D eigenvalue weighted by Crippen LogP contribution is -2.33. The quantitative estimate of drug-likeness (QED) is 0.191. The fraction of sp³-hybridized carbons (Fsp3) is 0.0196. The van der Waals surface area contributed by atoms with Crippen LogP contribution in [0.1, 0.15) is 22.9 Å². The fourth-order valence-corrected chi connectivity index (χ4v) is 9.67. The number of benzene rings is 8. The molecule has 268 valence electrons. The molecule has 4 heterocycles. The van der Waals surface area contributed by atoms with Gasteiger partial charge >= 0.3 is 0 Å². The van der Waals surface area contributed by atoms with Gasteiger partial charge in [-0.1, -0.05) is 103 Å². The van der Waals surface area contributed by atoms with E-state index in [1.807, 2.05) is 41.7 Å². The fourth-order valence-electron chi connectivity index (χ4n) is 8.60. The van der Waals surface area contributed by atoms with Crippen LogP contribution in [-0.4, -0.2) is 16.2 Å². The lowest BCUT2D eigenvalue weighted by molar-refractivity contribution is 0.668. The van der Waals surface area contributed by atoms with Crippen molar-refractivity contribution in [2.24, 2.45) is 9.98 Å². The van der Waals surface area contributed by atoms with Crippen LogP contribution in [0.3, 0.4) is 0 Å². The SMILES string of the molecule is c1ccc(C2N=C(c3ccc4oc5ccccc5c4c3)N=C(c3ccc4sc5ccc(-c6cccc7c6c6ccccc6n7-c6ccccc6)cc5c4c3)N2)cc1. The van der Waals surface area contributed by atoms with Crippen LogP contribution in [0.15, 0.2) is 196 Å². The van der Waals surface area contributed by atoms with E-state index >= 15 is 0 Å². The van der Waals surface area contributed by atoms with Crippen molar-refractivity contribution in [3.05, 3.63) is 199 Å². The number of fused-ring (bicyclic) bond motifs is 9. The smallest absolute Gasteiger partial charge is 0.159 e. The Bertz CT molecular complexity index is 3450. The van der Waals surface area contributed by atoms with E-state index in [0.29, 0.717) is 5.84 Å². The third-order valence-electron chi connectivity index (χ3n) is 11.3. The first kappa shape index (κ1) is 32.0. The maximum atomic E-state index is 6.15. The normalized spacial score (nSPS) is 14.5. The number of para-hydroxylation sites is 3. The zero-order chi connectivity index (χ0) is 37.5. The summed E-state index contributed by atoms with van der Waals surface area (Å²) in [6, 6.07) is 64.5. The molecule has 0 saturated heterocycles. The maximum absolute atomic E-state index is 6.15. The lowest BCUT2D eigenvalue weighted by Gasteiger charge is -2.23. The van der Waals surface area contributed by atoms with Gasteiger partial charge in [-0.2, -0.15) is 0 Å². The molecule has 1 N–H and O–H groups in total. The molecule has 6 heteroatoms. The highest BCUT2D eigenvalue weighted by Crippen LogP contribution is 2.42. The molecule has 12 rings (SSSR count). The van der Waals surface area contributed by atoms with Crippen LogP contribution >= 0.6 is 11.3 Å². The van der Waals surface area contributed by atoms with E-state index in [2.05, 4.69) is 162 Å². The first-order valence-corrected chi connectivity index (χ1v) is 20.0. The standard InChI is InChI=1S/C51H32N4OS/c1-3-12-31(13-4-1)49-52-50(33-22-25-45-39(29-33)37-16-8-10-21-44(37)56-45)54-51(53-49)34-24-27-47-41(30-34)40-28-32(23-26-46(40)57-47)36-18-11-20-43-48(36)38-17-7-9-19-42(38)55(43)35-14-5-2-6-15-35/h1-30,49H,(H,52,53,54). The van der Waals surface area contributed by atoms with Crippen LogP contribution < -0.4 is 5.32 Å². The molecular weight excluding hydrogens is 717 g/mol. The number of furan rings is 1. The topological polar surface area (TPSA) is 54.8 Å². The minimum absolute atomic E-state index is 0.300. The predicted octanol–water partition coefficient (Wildman–Crippen LogP) is 13.2. The number of aromatic nitrogens is 1. The monoisotopic (exact) mass is 748 g/mol. The van der Waals surface area contributed by atoms with Crippen molar-refractivity contribution in [2.75, 3.05) is 0 Å². The molecule has 0 fully saturated rings. The Balaban J connectivity index is 0.999. The maximum Gasteiger partial charge on any atom is 0.159 e. The van der Waals surface area contributed by atoms with Gasteiger partial charge in [-0.15, -0.1) is 11.3 Å². The highest BCUT2D eigenvalue weighted by Gasteiger charge is 2.23. The van der Waals surface area contributed by atoms with Gasteiger partial charge in [0.1, 0.15) is 23.2 Å². The van der Waals surface area contributed by atoms with Crippen molar-refractivity contribution < 1.29 is 4.42 Å². The van der Waals surface area contributed by atoms with Crippen molar-refractivity contribution in [1.82, 2.24) is 9.88 Å². The van der Waals surface area contributed by atoms with Crippen molar-refractivity contribution in [3.63, 3.8) is 0 Å². The number of nitrogens with one attached hydrogen (secondary N) is 1. The molecule has 0 saturated carbocycles. The van der Waals surface area contributed by atoms with E-state index in [-0.39, 0.29) is 6.17 Å². The number of rotatable bonds is 5. The summed E-state index contributed by atoms with van der Waals surface area (Å²) in [4.78, 5) is 10.4. The van der Waals surface area contributed by atoms with Gasteiger partial charge in [0.15, 0.2) is 5.84 Å². The highest BCUT2D eigenvalue weighted by molar-refractivity contribution is 7.25. The number of thiophene rings is 1. The summed E-state index contributed by atoms with van der Waals surface area (Å²) in [5.74, 6) is 1.48. The zero-order valence-electron chi connectivity index (χ0n) is 30.6. The first-order chi connectivity index (χ1) is 28.2. The molecule has 0 aliphatic carbocycles. The van der Waals surface area contributed by atoms with E-state index < -0.39 is 0 Å². The molecule has 1 aliphatic heterocycles. The van der Waals surface area contributed by atoms with Gasteiger partial charge in [-0.25, -0.2) is 9.98 Å². The van der Waals surface area contributed by atoms with Gasteiger partial charge in [0.2, 0.25) is 0 Å². The van der Waals surface area contributed by atoms with Crippen LogP contribution in [0.4, 0.5) is 0 Å². The minimum atomic E-state index is -0.300.